The highest BCUT2D eigenvalue weighted by Gasteiger charge is 2.10. The van der Waals surface area contributed by atoms with Crippen LogP contribution in [0.5, 0.6) is 6.01 Å². The van der Waals surface area contributed by atoms with Crippen molar-refractivity contribution in [1.82, 2.24) is 15.0 Å². The van der Waals surface area contributed by atoms with Gasteiger partial charge in [0.2, 0.25) is 11.9 Å². The van der Waals surface area contributed by atoms with Gasteiger partial charge in [-0.2, -0.15) is 15.0 Å². The Morgan fingerprint density at radius 1 is 1.11 bits per heavy atom. The molecule has 0 amide bonds. The largest absolute Gasteiger partial charge is 0.463 e. The fourth-order valence-corrected chi connectivity index (χ4v) is 1.44. The third-order valence-electron chi connectivity index (χ3n) is 2.39. The first-order valence-electron chi connectivity index (χ1n) is 6.09. The van der Waals surface area contributed by atoms with Gasteiger partial charge in [0.05, 0.1) is 6.61 Å². The average Bonchev–Trinajstić information content (AvgIpc) is 2.36. The van der Waals surface area contributed by atoms with Crippen molar-refractivity contribution in [3.8, 4) is 6.01 Å². The molecule has 0 atom stereocenters. The van der Waals surface area contributed by atoms with E-state index in [1.807, 2.05) is 18.7 Å². The summed E-state index contributed by atoms with van der Waals surface area (Å²) in [6.07, 6.45) is 0.780. The molecule has 7 nitrogen and oxygen atoms in total. The maximum absolute atomic E-state index is 5.64. The number of ether oxygens (including phenoxy) is 2. The first-order valence-corrected chi connectivity index (χ1v) is 6.09. The van der Waals surface area contributed by atoms with E-state index in [2.05, 4.69) is 15.0 Å². The topological polar surface area (TPSA) is 86.4 Å². The first kappa shape index (κ1) is 14.4. The molecule has 102 valence electrons. The third-order valence-corrected chi connectivity index (χ3v) is 2.39. The van der Waals surface area contributed by atoms with Gasteiger partial charge in [-0.15, -0.1) is 0 Å². The van der Waals surface area contributed by atoms with Crippen molar-refractivity contribution in [1.29, 1.82) is 0 Å². The molecular weight excluding hydrogens is 234 g/mol. The summed E-state index contributed by atoms with van der Waals surface area (Å²) in [5.41, 5.74) is 5.64. The van der Waals surface area contributed by atoms with Crippen LogP contribution in [0.2, 0.25) is 0 Å². The summed E-state index contributed by atoms with van der Waals surface area (Å²) >= 11 is 0. The van der Waals surface area contributed by atoms with Crippen LogP contribution < -0.4 is 15.4 Å². The van der Waals surface area contributed by atoms with E-state index in [4.69, 9.17) is 15.2 Å². The normalized spacial score (nSPS) is 10.4. The molecule has 0 spiro atoms. The van der Waals surface area contributed by atoms with Crippen molar-refractivity contribution in [2.45, 2.75) is 20.3 Å². The van der Waals surface area contributed by atoms with Crippen LogP contribution in [0.25, 0.3) is 0 Å². The quantitative estimate of drug-likeness (QED) is 0.685. The summed E-state index contributed by atoms with van der Waals surface area (Å²) in [6.45, 7) is 6.82. The zero-order chi connectivity index (χ0) is 13.4. The number of hydrogen-bond donors (Lipinski definition) is 1. The number of hydrogen-bond acceptors (Lipinski definition) is 7. The zero-order valence-corrected chi connectivity index (χ0v) is 11.2. The Kier molecular flexibility index (Phi) is 6.13. The van der Waals surface area contributed by atoms with Gasteiger partial charge in [-0.3, -0.25) is 0 Å². The molecule has 0 saturated carbocycles. The molecule has 0 aliphatic rings. The first-order chi connectivity index (χ1) is 8.71. The maximum atomic E-state index is 5.64. The second-order valence-corrected chi connectivity index (χ2v) is 3.64. The van der Waals surface area contributed by atoms with Gasteiger partial charge in [0.1, 0.15) is 0 Å². The van der Waals surface area contributed by atoms with Gasteiger partial charge in [0, 0.05) is 33.2 Å². The molecule has 7 heteroatoms. The third kappa shape index (κ3) is 4.33. The molecule has 0 fully saturated rings. The van der Waals surface area contributed by atoms with E-state index in [0.717, 1.165) is 19.5 Å². The Balaban J connectivity index is 2.68. The van der Waals surface area contributed by atoms with E-state index in [9.17, 15) is 0 Å². The molecule has 0 saturated heterocycles. The Morgan fingerprint density at radius 3 is 2.44 bits per heavy atom. The molecule has 0 bridgehead atoms. The Morgan fingerprint density at radius 2 is 1.83 bits per heavy atom. The lowest BCUT2D eigenvalue weighted by Crippen LogP contribution is -2.25. The number of anilines is 2. The minimum Gasteiger partial charge on any atom is -0.463 e. The minimum atomic E-state index is 0.175. The molecule has 0 aliphatic carbocycles. The van der Waals surface area contributed by atoms with Crippen molar-refractivity contribution in [3.05, 3.63) is 0 Å². The summed E-state index contributed by atoms with van der Waals surface area (Å²) < 4.78 is 10.4. The van der Waals surface area contributed by atoms with Crippen LogP contribution in [-0.2, 0) is 4.74 Å². The molecule has 0 aromatic carbocycles. The monoisotopic (exact) mass is 255 g/mol. The second-order valence-electron chi connectivity index (χ2n) is 3.64. The van der Waals surface area contributed by atoms with Gasteiger partial charge in [0.25, 0.3) is 0 Å². The van der Waals surface area contributed by atoms with E-state index >= 15 is 0 Å². The lowest BCUT2D eigenvalue weighted by molar-refractivity contribution is 0.168. The van der Waals surface area contributed by atoms with Gasteiger partial charge >= 0.3 is 6.01 Å². The van der Waals surface area contributed by atoms with Gasteiger partial charge in [0.15, 0.2) is 0 Å². The van der Waals surface area contributed by atoms with Crippen molar-refractivity contribution >= 4 is 11.9 Å². The number of methoxy groups -OCH3 is 1. The molecule has 1 aromatic heterocycles. The number of nitrogens with two attached hydrogens (primary N) is 1. The standard InChI is InChI=1S/C11H21N5O2/c1-4-16(5-2)10-13-9(12)14-11(15-10)18-8-6-7-17-3/h4-8H2,1-3H3,(H2,12,13,14,15). The van der Waals surface area contributed by atoms with Crippen LogP contribution >= 0.6 is 0 Å². The molecule has 1 rings (SSSR count). The fraction of sp³-hybridized carbons (Fsp3) is 0.727. The maximum Gasteiger partial charge on any atom is 0.323 e. The summed E-state index contributed by atoms with van der Waals surface area (Å²) in [7, 11) is 1.65. The van der Waals surface area contributed by atoms with Crippen LogP contribution in [0, 0.1) is 0 Å². The summed E-state index contributed by atoms with van der Waals surface area (Å²) in [5.74, 6) is 0.725. The highest BCUT2D eigenvalue weighted by Crippen LogP contribution is 2.13. The lowest BCUT2D eigenvalue weighted by Gasteiger charge is -2.18. The molecule has 0 aliphatic heterocycles. The molecule has 18 heavy (non-hydrogen) atoms. The Hall–Kier alpha value is -1.63. The van der Waals surface area contributed by atoms with Crippen molar-refractivity contribution in [2.24, 2.45) is 0 Å². The Bertz CT molecular complexity index is 357. The van der Waals surface area contributed by atoms with Gasteiger partial charge in [-0.05, 0) is 13.8 Å². The average molecular weight is 255 g/mol. The summed E-state index contributed by atoms with van der Waals surface area (Å²) in [4.78, 5) is 14.3. The SMILES string of the molecule is CCN(CC)c1nc(N)nc(OCCCOC)n1. The smallest absolute Gasteiger partial charge is 0.323 e. The minimum absolute atomic E-state index is 0.175. The van der Waals surface area contributed by atoms with Crippen LogP contribution in [0.15, 0.2) is 0 Å². The van der Waals surface area contributed by atoms with Crippen LogP contribution in [0.4, 0.5) is 11.9 Å². The van der Waals surface area contributed by atoms with Gasteiger partial charge in [-0.25, -0.2) is 0 Å². The molecule has 0 radical (unpaired) electrons. The highest BCUT2D eigenvalue weighted by atomic mass is 16.5. The number of nitrogen functional groups attached to an aromatic ring is 1. The van der Waals surface area contributed by atoms with Crippen molar-refractivity contribution < 1.29 is 9.47 Å². The fourth-order valence-electron chi connectivity index (χ4n) is 1.44. The zero-order valence-electron chi connectivity index (χ0n) is 11.2. The molecule has 0 unspecified atom stereocenters. The van der Waals surface area contributed by atoms with E-state index in [-0.39, 0.29) is 12.0 Å². The number of aromatic nitrogens is 3. The summed E-state index contributed by atoms with van der Waals surface area (Å²) in [6, 6.07) is 0.264. The summed E-state index contributed by atoms with van der Waals surface area (Å²) in [5, 5.41) is 0. The predicted molar refractivity (Wildman–Crippen MR) is 69.8 cm³/mol. The molecule has 1 aromatic rings. The lowest BCUT2D eigenvalue weighted by atomic mass is 10.5. The van der Waals surface area contributed by atoms with Crippen LogP contribution in [-0.4, -0.2) is 48.4 Å². The van der Waals surface area contributed by atoms with E-state index in [1.54, 1.807) is 7.11 Å². The molecule has 1 heterocycles. The van der Waals surface area contributed by atoms with Crippen molar-refractivity contribution in [2.75, 3.05) is 44.0 Å². The Labute approximate surface area is 107 Å². The van der Waals surface area contributed by atoms with Gasteiger partial charge in [-0.1, -0.05) is 0 Å². The van der Waals surface area contributed by atoms with E-state index in [0.29, 0.717) is 19.2 Å². The van der Waals surface area contributed by atoms with Crippen LogP contribution in [0.1, 0.15) is 20.3 Å². The highest BCUT2D eigenvalue weighted by molar-refractivity contribution is 5.35. The van der Waals surface area contributed by atoms with Gasteiger partial charge < -0.3 is 20.1 Å². The van der Waals surface area contributed by atoms with E-state index in [1.165, 1.54) is 0 Å². The van der Waals surface area contributed by atoms with Crippen molar-refractivity contribution in [3.63, 3.8) is 0 Å². The number of nitrogens with zero attached hydrogens (tertiary/aromatic N) is 4. The molecule has 2 N–H and O–H groups in total. The number of rotatable bonds is 8. The van der Waals surface area contributed by atoms with E-state index < -0.39 is 0 Å². The second kappa shape index (κ2) is 7.65. The predicted octanol–water partition coefficient (Wildman–Crippen LogP) is 0.715. The van der Waals surface area contributed by atoms with Crippen LogP contribution in [0.3, 0.4) is 0 Å². The molecular formula is C11H21N5O2.